The summed E-state index contributed by atoms with van der Waals surface area (Å²) in [6.07, 6.45) is 5.06. The molecule has 1 aliphatic rings. The van der Waals surface area contributed by atoms with Crippen LogP contribution in [0, 0.1) is 12.8 Å². The Morgan fingerprint density at radius 1 is 1.43 bits per heavy atom. The number of aromatic nitrogens is 2. The molecular weight excluding hydrogens is 266 g/mol. The standard InChI is InChI=1S/C15H27N5O/c1-3-5-13-17-14(19-16)11(2)15(18-13)20-8-4-6-12(10-20)7-9-21/h12,21H,3-10,16H2,1-2H3,(H,17,18,19). The Kier molecular flexibility index (Phi) is 5.76. The van der Waals surface area contributed by atoms with Gasteiger partial charge in [0.1, 0.15) is 17.5 Å². The molecule has 6 heteroatoms. The second kappa shape index (κ2) is 7.56. The summed E-state index contributed by atoms with van der Waals surface area (Å²) in [6.45, 7) is 6.35. The summed E-state index contributed by atoms with van der Waals surface area (Å²) in [7, 11) is 0. The van der Waals surface area contributed by atoms with Crippen molar-refractivity contribution in [3.05, 3.63) is 11.4 Å². The van der Waals surface area contributed by atoms with Crippen LogP contribution in [0.5, 0.6) is 0 Å². The van der Waals surface area contributed by atoms with E-state index in [1.807, 2.05) is 6.92 Å². The van der Waals surface area contributed by atoms with E-state index in [0.29, 0.717) is 11.7 Å². The highest BCUT2D eigenvalue weighted by atomic mass is 16.3. The van der Waals surface area contributed by atoms with Crippen LogP contribution in [0.25, 0.3) is 0 Å². The molecule has 0 saturated carbocycles. The summed E-state index contributed by atoms with van der Waals surface area (Å²) >= 11 is 0. The van der Waals surface area contributed by atoms with E-state index in [2.05, 4.69) is 22.2 Å². The van der Waals surface area contributed by atoms with Gasteiger partial charge < -0.3 is 15.4 Å². The highest BCUT2D eigenvalue weighted by Gasteiger charge is 2.23. The Morgan fingerprint density at radius 2 is 2.24 bits per heavy atom. The summed E-state index contributed by atoms with van der Waals surface area (Å²) < 4.78 is 0. The Hall–Kier alpha value is -1.40. The summed E-state index contributed by atoms with van der Waals surface area (Å²) in [5, 5.41) is 9.16. The molecule has 1 aromatic rings. The van der Waals surface area contributed by atoms with Crippen LogP contribution in [0.2, 0.25) is 0 Å². The first-order valence-corrected chi connectivity index (χ1v) is 7.89. The summed E-state index contributed by atoms with van der Waals surface area (Å²) in [6, 6.07) is 0. The number of nitrogens with one attached hydrogen (secondary N) is 1. The zero-order valence-corrected chi connectivity index (χ0v) is 13.1. The monoisotopic (exact) mass is 293 g/mol. The van der Waals surface area contributed by atoms with Gasteiger partial charge in [-0.25, -0.2) is 15.8 Å². The number of aliphatic hydroxyl groups excluding tert-OH is 1. The third-order valence-corrected chi connectivity index (χ3v) is 4.13. The Bertz CT molecular complexity index is 464. The van der Waals surface area contributed by atoms with Gasteiger partial charge >= 0.3 is 0 Å². The molecular formula is C15H27N5O. The lowest BCUT2D eigenvalue weighted by Crippen LogP contribution is -2.37. The number of nitrogens with two attached hydrogens (primary N) is 1. The molecule has 1 aliphatic heterocycles. The summed E-state index contributed by atoms with van der Waals surface area (Å²) in [5.41, 5.74) is 3.69. The highest BCUT2D eigenvalue weighted by Crippen LogP contribution is 2.28. The quantitative estimate of drug-likeness (QED) is 0.546. The van der Waals surface area contributed by atoms with Crippen molar-refractivity contribution in [2.75, 3.05) is 30.0 Å². The lowest BCUT2D eigenvalue weighted by molar-refractivity contribution is 0.244. The van der Waals surface area contributed by atoms with Crippen LogP contribution >= 0.6 is 0 Å². The number of anilines is 2. The van der Waals surface area contributed by atoms with Gasteiger partial charge in [-0.2, -0.15) is 0 Å². The van der Waals surface area contributed by atoms with Gasteiger partial charge in [0.05, 0.1) is 0 Å². The van der Waals surface area contributed by atoms with Gasteiger partial charge in [0, 0.05) is 31.7 Å². The van der Waals surface area contributed by atoms with Crippen LogP contribution in [0.1, 0.15) is 44.0 Å². The predicted octanol–water partition coefficient (Wildman–Crippen LogP) is 1.62. The van der Waals surface area contributed by atoms with E-state index in [0.717, 1.165) is 56.0 Å². The van der Waals surface area contributed by atoms with Gasteiger partial charge in [-0.15, -0.1) is 0 Å². The molecule has 0 aliphatic carbocycles. The van der Waals surface area contributed by atoms with Crippen LogP contribution in [-0.4, -0.2) is 34.8 Å². The molecule has 4 N–H and O–H groups in total. The summed E-state index contributed by atoms with van der Waals surface area (Å²) in [5.74, 6) is 8.69. The first-order chi connectivity index (χ1) is 10.2. The molecule has 21 heavy (non-hydrogen) atoms. The van der Waals surface area contributed by atoms with Gasteiger partial charge in [-0.1, -0.05) is 6.92 Å². The number of aliphatic hydroxyl groups is 1. The molecule has 118 valence electrons. The van der Waals surface area contributed by atoms with E-state index < -0.39 is 0 Å². The molecule has 2 heterocycles. The molecule has 2 rings (SSSR count). The van der Waals surface area contributed by atoms with E-state index in [4.69, 9.17) is 15.9 Å². The van der Waals surface area contributed by atoms with Crippen molar-refractivity contribution < 1.29 is 5.11 Å². The lowest BCUT2D eigenvalue weighted by Gasteiger charge is -2.34. The second-order valence-electron chi connectivity index (χ2n) is 5.80. The molecule has 6 nitrogen and oxygen atoms in total. The van der Waals surface area contributed by atoms with Crippen molar-refractivity contribution in [2.24, 2.45) is 11.8 Å². The molecule has 1 unspecified atom stereocenters. The molecule has 1 atom stereocenters. The zero-order valence-electron chi connectivity index (χ0n) is 13.1. The SMILES string of the molecule is CCCc1nc(NN)c(C)c(N2CCCC(CCO)C2)n1. The minimum absolute atomic E-state index is 0.262. The maximum atomic E-state index is 9.16. The van der Waals surface area contributed by atoms with E-state index in [1.165, 1.54) is 6.42 Å². The smallest absolute Gasteiger partial charge is 0.148 e. The van der Waals surface area contributed by atoms with E-state index in [9.17, 15) is 0 Å². The molecule has 0 amide bonds. The van der Waals surface area contributed by atoms with Crippen LogP contribution in [0.15, 0.2) is 0 Å². The first kappa shape index (κ1) is 16.0. The number of rotatable bonds is 6. The number of nitrogen functional groups attached to an aromatic ring is 1. The Morgan fingerprint density at radius 3 is 2.90 bits per heavy atom. The van der Waals surface area contributed by atoms with Crippen LogP contribution in [-0.2, 0) is 6.42 Å². The molecule has 0 aromatic carbocycles. The van der Waals surface area contributed by atoms with E-state index in [1.54, 1.807) is 0 Å². The fourth-order valence-electron chi connectivity index (χ4n) is 3.01. The Labute approximate surface area is 126 Å². The van der Waals surface area contributed by atoms with E-state index in [-0.39, 0.29) is 6.61 Å². The maximum absolute atomic E-state index is 9.16. The fraction of sp³-hybridized carbons (Fsp3) is 0.733. The number of hydrogen-bond donors (Lipinski definition) is 3. The molecule has 1 saturated heterocycles. The number of hydrogen-bond acceptors (Lipinski definition) is 6. The minimum Gasteiger partial charge on any atom is -0.396 e. The first-order valence-electron chi connectivity index (χ1n) is 7.89. The van der Waals surface area contributed by atoms with Crippen molar-refractivity contribution in [1.29, 1.82) is 0 Å². The average molecular weight is 293 g/mol. The van der Waals surface area contributed by atoms with Gasteiger partial charge in [-0.3, -0.25) is 0 Å². The topological polar surface area (TPSA) is 87.3 Å². The normalized spacial score (nSPS) is 18.9. The summed E-state index contributed by atoms with van der Waals surface area (Å²) in [4.78, 5) is 11.5. The third-order valence-electron chi connectivity index (χ3n) is 4.13. The highest BCUT2D eigenvalue weighted by molar-refractivity contribution is 5.58. The zero-order chi connectivity index (χ0) is 15.2. The van der Waals surface area contributed by atoms with Crippen LogP contribution < -0.4 is 16.2 Å². The van der Waals surface area contributed by atoms with Gasteiger partial charge in [0.25, 0.3) is 0 Å². The predicted molar refractivity (Wildman–Crippen MR) is 85.2 cm³/mol. The maximum Gasteiger partial charge on any atom is 0.148 e. The van der Waals surface area contributed by atoms with Gasteiger partial charge in [0.2, 0.25) is 0 Å². The van der Waals surface area contributed by atoms with Gasteiger partial charge in [0.15, 0.2) is 0 Å². The second-order valence-corrected chi connectivity index (χ2v) is 5.80. The van der Waals surface area contributed by atoms with E-state index >= 15 is 0 Å². The molecule has 1 fully saturated rings. The molecule has 0 bridgehead atoms. The van der Waals surface area contributed by atoms with Crippen molar-refractivity contribution >= 4 is 11.6 Å². The Balaban J connectivity index is 2.26. The van der Waals surface area contributed by atoms with Crippen molar-refractivity contribution in [3.8, 4) is 0 Å². The third kappa shape index (κ3) is 3.83. The number of piperidine rings is 1. The average Bonchev–Trinajstić information content (AvgIpc) is 2.49. The van der Waals surface area contributed by atoms with Crippen molar-refractivity contribution in [3.63, 3.8) is 0 Å². The number of aryl methyl sites for hydroxylation is 1. The van der Waals surface area contributed by atoms with Crippen molar-refractivity contribution in [2.45, 2.75) is 46.0 Å². The van der Waals surface area contributed by atoms with Crippen molar-refractivity contribution in [1.82, 2.24) is 9.97 Å². The number of nitrogens with zero attached hydrogens (tertiary/aromatic N) is 3. The largest absolute Gasteiger partial charge is 0.396 e. The molecule has 0 spiro atoms. The lowest BCUT2D eigenvalue weighted by atomic mass is 9.95. The number of hydrazine groups is 1. The van der Waals surface area contributed by atoms with Gasteiger partial charge in [-0.05, 0) is 38.5 Å². The molecule has 1 aromatic heterocycles. The molecule has 0 radical (unpaired) electrons. The fourth-order valence-corrected chi connectivity index (χ4v) is 3.01. The van der Waals surface area contributed by atoms with Crippen LogP contribution in [0.3, 0.4) is 0 Å². The van der Waals surface area contributed by atoms with Crippen LogP contribution in [0.4, 0.5) is 11.6 Å². The minimum atomic E-state index is 0.262.